The summed E-state index contributed by atoms with van der Waals surface area (Å²) in [6.45, 7) is 2.48. The highest BCUT2D eigenvalue weighted by Gasteiger charge is 2.34. The molecule has 5 nitrogen and oxygen atoms in total. The van der Waals surface area contributed by atoms with Gasteiger partial charge in [0.1, 0.15) is 11.5 Å². The van der Waals surface area contributed by atoms with Crippen LogP contribution >= 0.6 is 0 Å². The summed E-state index contributed by atoms with van der Waals surface area (Å²) in [5, 5.41) is 9.19. The maximum Gasteiger partial charge on any atom is 0.234 e. The highest BCUT2D eigenvalue weighted by Crippen LogP contribution is 2.20. The molecule has 1 aliphatic rings. The zero-order valence-corrected chi connectivity index (χ0v) is 8.03. The van der Waals surface area contributed by atoms with E-state index < -0.39 is 17.6 Å². The number of aliphatic hydroxyl groups is 1. The molecule has 2 amide bonds. The largest absolute Gasteiger partial charge is 0.510 e. The molecule has 0 radical (unpaired) electrons. The molecule has 1 rings (SSSR count). The van der Waals surface area contributed by atoms with Gasteiger partial charge in [0, 0.05) is 19.8 Å². The fraction of sp³-hybridized carbons (Fsp3) is 0.444. The number of imide groups is 1. The first-order valence-electron chi connectivity index (χ1n) is 4.21. The minimum Gasteiger partial charge on any atom is -0.510 e. The van der Waals surface area contributed by atoms with Crippen LogP contribution in [-0.2, 0) is 14.4 Å². The molecule has 0 aromatic carbocycles. The van der Waals surface area contributed by atoms with Crippen molar-refractivity contribution in [1.82, 2.24) is 4.90 Å². The zero-order chi connectivity index (χ0) is 10.9. The summed E-state index contributed by atoms with van der Waals surface area (Å²) >= 11 is 0. The van der Waals surface area contributed by atoms with Crippen molar-refractivity contribution in [2.75, 3.05) is 0 Å². The molecule has 0 aromatic heterocycles. The molecule has 0 atom stereocenters. The second kappa shape index (κ2) is 3.61. The Bertz CT molecular complexity index is 323. The SMILES string of the molecule is CC(=O)/C(=C(\C)O)N1C(=O)CCC1=O. The van der Waals surface area contributed by atoms with Gasteiger partial charge in [0.25, 0.3) is 0 Å². The number of amides is 2. The summed E-state index contributed by atoms with van der Waals surface area (Å²) in [5.74, 6) is -1.67. The molecule has 5 heteroatoms. The van der Waals surface area contributed by atoms with Crippen LogP contribution in [0.5, 0.6) is 0 Å². The van der Waals surface area contributed by atoms with E-state index in [-0.39, 0.29) is 24.3 Å². The van der Waals surface area contributed by atoms with Crippen molar-refractivity contribution < 1.29 is 19.5 Å². The van der Waals surface area contributed by atoms with E-state index >= 15 is 0 Å². The zero-order valence-electron chi connectivity index (χ0n) is 8.03. The standard InChI is InChI=1S/C9H11NO4/c1-5(11)9(6(2)12)10-7(13)3-4-8(10)14/h11H,3-4H2,1-2H3/b9-5-. The lowest BCUT2D eigenvalue weighted by Crippen LogP contribution is -2.32. The maximum absolute atomic E-state index is 11.2. The molecule has 0 aliphatic carbocycles. The quantitative estimate of drug-likeness (QED) is 0.397. The van der Waals surface area contributed by atoms with Gasteiger partial charge in [-0.1, -0.05) is 0 Å². The third-order valence-corrected chi connectivity index (χ3v) is 1.95. The molecular formula is C9H11NO4. The van der Waals surface area contributed by atoms with Gasteiger partial charge in [0.05, 0.1) is 0 Å². The molecule has 14 heavy (non-hydrogen) atoms. The predicted molar refractivity (Wildman–Crippen MR) is 47.1 cm³/mol. The molecule has 76 valence electrons. The lowest BCUT2D eigenvalue weighted by atomic mass is 10.2. The van der Waals surface area contributed by atoms with Gasteiger partial charge in [-0.05, 0) is 6.92 Å². The number of aliphatic hydroxyl groups excluding tert-OH is 1. The van der Waals surface area contributed by atoms with E-state index in [1.807, 2.05) is 0 Å². The van der Waals surface area contributed by atoms with E-state index in [2.05, 4.69) is 0 Å². The molecule has 1 aliphatic heterocycles. The summed E-state index contributed by atoms with van der Waals surface area (Å²) in [7, 11) is 0. The third-order valence-electron chi connectivity index (χ3n) is 1.95. The van der Waals surface area contributed by atoms with Crippen LogP contribution in [0.25, 0.3) is 0 Å². The Morgan fingerprint density at radius 3 is 1.93 bits per heavy atom. The van der Waals surface area contributed by atoms with Crippen LogP contribution in [0, 0.1) is 0 Å². The Morgan fingerprint density at radius 1 is 1.21 bits per heavy atom. The minimum absolute atomic E-state index is 0.100. The summed E-state index contributed by atoms with van der Waals surface area (Å²) in [6, 6.07) is 0. The van der Waals surface area contributed by atoms with Crippen molar-refractivity contribution in [3.05, 3.63) is 11.5 Å². The number of hydrogen-bond donors (Lipinski definition) is 1. The summed E-state index contributed by atoms with van der Waals surface area (Å²) in [5.41, 5.74) is -0.211. The number of carbonyl (C=O) groups excluding carboxylic acids is 3. The number of rotatable bonds is 2. The fourth-order valence-corrected chi connectivity index (χ4v) is 1.40. The normalized spacial score (nSPS) is 18.6. The van der Waals surface area contributed by atoms with Crippen LogP contribution in [0.1, 0.15) is 26.7 Å². The van der Waals surface area contributed by atoms with Crippen LogP contribution in [0.15, 0.2) is 11.5 Å². The molecule has 1 fully saturated rings. The summed E-state index contributed by atoms with van der Waals surface area (Å²) in [4.78, 5) is 34.3. The lowest BCUT2D eigenvalue weighted by Gasteiger charge is -2.15. The Morgan fingerprint density at radius 2 is 1.64 bits per heavy atom. The van der Waals surface area contributed by atoms with Crippen molar-refractivity contribution in [2.45, 2.75) is 26.7 Å². The number of carbonyl (C=O) groups is 3. The minimum atomic E-state index is -0.492. The van der Waals surface area contributed by atoms with Gasteiger partial charge in [0.2, 0.25) is 11.8 Å². The van der Waals surface area contributed by atoms with Gasteiger partial charge in [-0.15, -0.1) is 0 Å². The van der Waals surface area contributed by atoms with Gasteiger partial charge in [-0.3, -0.25) is 14.4 Å². The number of likely N-dealkylation sites (tertiary alicyclic amines) is 1. The number of hydrogen-bond acceptors (Lipinski definition) is 4. The van der Waals surface area contributed by atoms with Crippen LogP contribution in [0.2, 0.25) is 0 Å². The first-order chi connectivity index (χ1) is 6.45. The van der Waals surface area contributed by atoms with E-state index in [0.717, 1.165) is 4.90 Å². The summed E-state index contributed by atoms with van der Waals surface area (Å²) in [6.07, 6.45) is 0.200. The fourth-order valence-electron chi connectivity index (χ4n) is 1.40. The number of allylic oxidation sites excluding steroid dienone is 2. The monoisotopic (exact) mass is 197 g/mol. The molecule has 1 saturated heterocycles. The van der Waals surface area contributed by atoms with Crippen LogP contribution in [0.3, 0.4) is 0 Å². The van der Waals surface area contributed by atoms with Crippen molar-refractivity contribution in [1.29, 1.82) is 0 Å². The van der Waals surface area contributed by atoms with E-state index in [1.54, 1.807) is 0 Å². The first kappa shape index (κ1) is 10.4. The maximum atomic E-state index is 11.2. The van der Waals surface area contributed by atoms with Crippen molar-refractivity contribution in [2.24, 2.45) is 0 Å². The molecule has 1 N–H and O–H groups in total. The second-order valence-electron chi connectivity index (χ2n) is 3.11. The first-order valence-corrected chi connectivity index (χ1v) is 4.21. The van der Waals surface area contributed by atoms with Gasteiger partial charge in [-0.25, -0.2) is 4.90 Å². The van der Waals surface area contributed by atoms with Crippen LogP contribution < -0.4 is 0 Å². The van der Waals surface area contributed by atoms with Gasteiger partial charge in [-0.2, -0.15) is 0 Å². The molecule has 0 spiro atoms. The molecule has 0 bridgehead atoms. The highest BCUT2D eigenvalue weighted by atomic mass is 16.3. The average molecular weight is 197 g/mol. The van der Waals surface area contributed by atoms with Crippen molar-refractivity contribution in [3.63, 3.8) is 0 Å². The molecule has 0 saturated carbocycles. The van der Waals surface area contributed by atoms with Gasteiger partial charge in [0.15, 0.2) is 5.78 Å². The Hall–Kier alpha value is -1.65. The molecule has 0 aromatic rings. The van der Waals surface area contributed by atoms with Crippen LogP contribution in [0.4, 0.5) is 0 Å². The van der Waals surface area contributed by atoms with E-state index in [4.69, 9.17) is 0 Å². The van der Waals surface area contributed by atoms with Gasteiger partial charge < -0.3 is 5.11 Å². The molecule has 1 heterocycles. The summed E-state index contributed by atoms with van der Waals surface area (Å²) < 4.78 is 0. The number of Topliss-reactive ketones (excluding diaryl/α,β-unsaturated/α-hetero) is 1. The van der Waals surface area contributed by atoms with Crippen molar-refractivity contribution >= 4 is 17.6 Å². The third kappa shape index (κ3) is 1.66. The molecule has 0 unspecified atom stereocenters. The highest BCUT2D eigenvalue weighted by molar-refractivity contribution is 6.10. The Balaban J connectivity index is 3.13. The molecular weight excluding hydrogens is 186 g/mol. The van der Waals surface area contributed by atoms with Gasteiger partial charge >= 0.3 is 0 Å². The number of ketones is 1. The second-order valence-corrected chi connectivity index (χ2v) is 3.11. The smallest absolute Gasteiger partial charge is 0.234 e. The topological polar surface area (TPSA) is 74.7 Å². The van der Waals surface area contributed by atoms with E-state index in [9.17, 15) is 19.5 Å². The van der Waals surface area contributed by atoms with E-state index in [1.165, 1.54) is 13.8 Å². The lowest BCUT2D eigenvalue weighted by molar-refractivity contribution is -0.138. The van der Waals surface area contributed by atoms with Crippen molar-refractivity contribution in [3.8, 4) is 0 Å². The Labute approximate surface area is 81.0 Å². The Kier molecular flexibility index (Phi) is 2.69. The van der Waals surface area contributed by atoms with Crippen LogP contribution in [-0.4, -0.2) is 27.6 Å². The predicted octanol–water partition coefficient (Wildman–Crippen LogP) is 0.514. The number of nitrogens with zero attached hydrogens (tertiary/aromatic N) is 1. The average Bonchev–Trinajstić information content (AvgIpc) is 2.34. The van der Waals surface area contributed by atoms with E-state index in [0.29, 0.717) is 0 Å².